The molecule has 1 aliphatic heterocycles. The predicted molar refractivity (Wildman–Crippen MR) is 83.9 cm³/mol. The van der Waals surface area contributed by atoms with Crippen molar-refractivity contribution in [1.82, 2.24) is 4.90 Å². The average molecular weight is 271 g/mol. The van der Waals surface area contributed by atoms with Gasteiger partial charge in [0, 0.05) is 19.6 Å². The molecule has 0 aromatic heterocycles. The van der Waals surface area contributed by atoms with Gasteiger partial charge in [0.15, 0.2) is 0 Å². The number of anilines is 1. The number of nitrogens with zero attached hydrogens (tertiary/aromatic N) is 3. The van der Waals surface area contributed by atoms with E-state index in [1.165, 1.54) is 25.9 Å². The van der Waals surface area contributed by atoms with E-state index >= 15 is 0 Å². The van der Waals surface area contributed by atoms with Crippen LogP contribution in [0.1, 0.15) is 32.3 Å². The van der Waals surface area contributed by atoms with E-state index in [1.807, 2.05) is 18.2 Å². The van der Waals surface area contributed by atoms with Crippen molar-refractivity contribution in [3.05, 3.63) is 29.8 Å². The second-order valence-electron chi connectivity index (χ2n) is 5.99. The zero-order valence-corrected chi connectivity index (χ0v) is 12.7. The molecule has 0 atom stereocenters. The van der Waals surface area contributed by atoms with E-state index in [0.29, 0.717) is 0 Å². The first kappa shape index (κ1) is 14.9. The van der Waals surface area contributed by atoms with Gasteiger partial charge in [-0.2, -0.15) is 5.26 Å². The molecule has 1 fully saturated rings. The fraction of sp³-hybridized carbons (Fsp3) is 0.588. The Morgan fingerprint density at radius 3 is 2.70 bits per heavy atom. The van der Waals surface area contributed by atoms with Crippen LogP contribution in [0, 0.1) is 17.2 Å². The molecule has 3 nitrogen and oxygen atoms in total. The summed E-state index contributed by atoms with van der Waals surface area (Å²) in [5.41, 5.74) is 1.89. The summed E-state index contributed by atoms with van der Waals surface area (Å²) in [6, 6.07) is 10.3. The van der Waals surface area contributed by atoms with Gasteiger partial charge in [0.2, 0.25) is 0 Å². The van der Waals surface area contributed by atoms with Crippen LogP contribution in [0.3, 0.4) is 0 Å². The van der Waals surface area contributed by atoms with E-state index in [0.717, 1.165) is 36.8 Å². The maximum Gasteiger partial charge on any atom is 0.101 e. The molecule has 0 N–H and O–H groups in total. The van der Waals surface area contributed by atoms with Gasteiger partial charge in [-0.15, -0.1) is 0 Å². The molecule has 1 aliphatic rings. The summed E-state index contributed by atoms with van der Waals surface area (Å²) in [6.45, 7) is 10.1. The normalized spacial score (nSPS) is 17.0. The number of hydrogen-bond donors (Lipinski definition) is 0. The SMILES string of the molecule is CC(C)CCN1CCCN(c2ccccc2C#N)CC1. The van der Waals surface area contributed by atoms with Crippen LogP contribution in [0.15, 0.2) is 24.3 Å². The van der Waals surface area contributed by atoms with Crippen LogP contribution in [0.25, 0.3) is 0 Å². The van der Waals surface area contributed by atoms with Gasteiger partial charge in [-0.05, 0) is 44.0 Å². The lowest BCUT2D eigenvalue weighted by molar-refractivity contribution is 0.275. The minimum absolute atomic E-state index is 0.772. The molecule has 0 saturated carbocycles. The summed E-state index contributed by atoms with van der Waals surface area (Å²) in [5.74, 6) is 0.772. The molecular formula is C17H25N3. The molecule has 0 unspecified atom stereocenters. The molecule has 1 saturated heterocycles. The Bertz CT molecular complexity index is 462. The second kappa shape index (κ2) is 7.31. The first-order valence-corrected chi connectivity index (χ1v) is 7.67. The van der Waals surface area contributed by atoms with Crippen molar-refractivity contribution in [2.45, 2.75) is 26.7 Å². The fourth-order valence-electron chi connectivity index (χ4n) is 2.72. The third kappa shape index (κ3) is 3.98. The van der Waals surface area contributed by atoms with Gasteiger partial charge in [-0.1, -0.05) is 26.0 Å². The largest absolute Gasteiger partial charge is 0.369 e. The van der Waals surface area contributed by atoms with Crippen LogP contribution in [0.4, 0.5) is 5.69 Å². The highest BCUT2D eigenvalue weighted by atomic mass is 15.2. The van der Waals surface area contributed by atoms with Crippen LogP contribution in [-0.4, -0.2) is 37.6 Å². The van der Waals surface area contributed by atoms with E-state index in [-0.39, 0.29) is 0 Å². The summed E-state index contributed by atoms with van der Waals surface area (Å²) in [5, 5.41) is 9.23. The molecular weight excluding hydrogens is 246 g/mol. The van der Waals surface area contributed by atoms with Gasteiger partial charge in [0.05, 0.1) is 11.3 Å². The molecule has 0 aliphatic carbocycles. The topological polar surface area (TPSA) is 30.3 Å². The van der Waals surface area contributed by atoms with E-state index < -0.39 is 0 Å². The standard InChI is InChI=1S/C17H25N3/c1-15(2)8-11-19-9-5-10-20(13-12-19)17-7-4-3-6-16(17)14-18/h3-4,6-7,15H,5,8-13H2,1-2H3. The van der Waals surface area contributed by atoms with Crippen LogP contribution in [0.2, 0.25) is 0 Å². The number of benzene rings is 1. The molecule has 1 aromatic carbocycles. The van der Waals surface area contributed by atoms with Gasteiger partial charge in [0.1, 0.15) is 6.07 Å². The number of nitriles is 1. The smallest absolute Gasteiger partial charge is 0.101 e. The Labute approximate surface area is 122 Å². The summed E-state index contributed by atoms with van der Waals surface area (Å²) in [6.07, 6.45) is 2.45. The first-order valence-electron chi connectivity index (χ1n) is 7.67. The van der Waals surface area contributed by atoms with E-state index in [1.54, 1.807) is 0 Å². The average Bonchev–Trinajstić information content (AvgIpc) is 2.70. The Kier molecular flexibility index (Phi) is 5.43. The lowest BCUT2D eigenvalue weighted by Crippen LogP contribution is -2.32. The Balaban J connectivity index is 1.97. The molecule has 0 radical (unpaired) electrons. The van der Waals surface area contributed by atoms with Crippen molar-refractivity contribution in [1.29, 1.82) is 5.26 Å². The summed E-state index contributed by atoms with van der Waals surface area (Å²) >= 11 is 0. The van der Waals surface area contributed by atoms with Gasteiger partial charge in [0.25, 0.3) is 0 Å². The van der Waals surface area contributed by atoms with Gasteiger partial charge < -0.3 is 9.80 Å². The van der Waals surface area contributed by atoms with Crippen molar-refractivity contribution >= 4 is 5.69 Å². The van der Waals surface area contributed by atoms with Crippen LogP contribution >= 0.6 is 0 Å². The zero-order valence-electron chi connectivity index (χ0n) is 12.7. The zero-order chi connectivity index (χ0) is 14.4. The third-order valence-corrected chi connectivity index (χ3v) is 3.98. The number of hydrogen-bond acceptors (Lipinski definition) is 3. The quantitative estimate of drug-likeness (QED) is 0.843. The summed E-state index contributed by atoms with van der Waals surface area (Å²) < 4.78 is 0. The van der Waals surface area contributed by atoms with Gasteiger partial charge >= 0.3 is 0 Å². The maximum absolute atomic E-state index is 9.23. The molecule has 2 rings (SSSR count). The van der Waals surface area contributed by atoms with Crippen molar-refractivity contribution in [2.75, 3.05) is 37.6 Å². The molecule has 0 spiro atoms. The second-order valence-corrected chi connectivity index (χ2v) is 5.99. The molecule has 1 aromatic rings. The highest BCUT2D eigenvalue weighted by molar-refractivity contribution is 5.59. The van der Waals surface area contributed by atoms with Gasteiger partial charge in [-0.25, -0.2) is 0 Å². The lowest BCUT2D eigenvalue weighted by Gasteiger charge is -2.24. The van der Waals surface area contributed by atoms with Gasteiger partial charge in [-0.3, -0.25) is 0 Å². The van der Waals surface area contributed by atoms with E-state index in [9.17, 15) is 5.26 Å². The minimum Gasteiger partial charge on any atom is -0.369 e. The fourth-order valence-corrected chi connectivity index (χ4v) is 2.72. The molecule has 0 amide bonds. The van der Waals surface area contributed by atoms with Crippen molar-refractivity contribution in [2.24, 2.45) is 5.92 Å². The number of rotatable bonds is 4. The van der Waals surface area contributed by atoms with Crippen LogP contribution < -0.4 is 4.90 Å². The third-order valence-electron chi connectivity index (χ3n) is 3.98. The predicted octanol–water partition coefficient (Wildman–Crippen LogP) is 3.12. The molecule has 1 heterocycles. The highest BCUT2D eigenvalue weighted by Gasteiger charge is 2.17. The molecule has 0 bridgehead atoms. The Morgan fingerprint density at radius 1 is 1.15 bits per heavy atom. The maximum atomic E-state index is 9.23. The first-order chi connectivity index (χ1) is 9.70. The van der Waals surface area contributed by atoms with E-state index in [2.05, 4.69) is 35.8 Å². The van der Waals surface area contributed by atoms with E-state index in [4.69, 9.17) is 0 Å². The van der Waals surface area contributed by atoms with Crippen LogP contribution in [-0.2, 0) is 0 Å². The van der Waals surface area contributed by atoms with Crippen molar-refractivity contribution in [3.63, 3.8) is 0 Å². The van der Waals surface area contributed by atoms with Crippen molar-refractivity contribution in [3.8, 4) is 6.07 Å². The Morgan fingerprint density at radius 2 is 1.95 bits per heavy atom. The monoisotopic (exact) mass is 271 g/mol. The Hall–Kier alpha value is -1.53. The van der Waals surface area contributed by atoms with Crippen molar-refractivity contribution < 1.29 is 0 Å². The lowest BCUT2D eigenvalue weighted by atomic mass is 10.1. The van der Waals surface area contributed by atoms with Crippen LogP contribution in [0.5, 0.6) is 0 Å². The molecule has 20 heavy (non-hydrogen) atoms. The minimum atomic E-state index is 0.772. The molecule has 108 valence electrons. The molecule has 3 heteroatoms. The number of para-hydroxylation sites is 1. The summed E-state index contributed by atoms with van der Waals surface area (Å²) in [7, 11) is 0. The summed E-state index contributed by atoms with van der Waals surface area (Å²) in [4.78, 5) is 4.93. The highest BCUT2D eigenvalue weighted by Crippen LogP contribution is 2.21.